The molecular weight excluding hydrogens is 254 g/mol. The molecule has 0 radical (unpaired) electrons. The topological polar surface area (TPSA) is 55.4 Å². The van der Waals surface area contributed by atoms with Crippen LogP contribution in [0.15, 0.2) is 0 Å². The SMILES string of the molecule is COC(=O)C1(NC(=O)CCCCCl)CCCCC1. The lowest BCUT2D eigenvalue weighted by Crippen LogP contribution is -2.56. The highest BCUT2D eigenvalue weighted by atomic mass is 35.5. The molecule has 0 aromatic rings. The second-order valence-electron chi connectivity index (χ2n) is 4.83. The monoisotopic (exact) mass is 275 g/mol. The Hall–Kier alpha value is -0.770. The van der Waals surface area contributed by atoms with Crippen LogP contribution in [-0.2, 0) is 14.3 Å². The van der Waals surface area contributed by atoms with Gasteiger partial charge in [0.1, 0.15) is 5.54 Å². The largest absolute Gasteiger partial charge is 0.467 e. The predicted molar refractivity (Wildman–Crippen MR) is 70.5 cm³/mol. The maximum Gasteiger partial charge on any atom is 0.331 e. The zero-order valence-electron chi connectivity index (χ0n) is 11.0. The Labute approximate surface area is 113 Å². The first-order valence-electron chi connectivity index (χ1n) is 6.60. The quantitative estimate of drug-likeness (QED) is 0.460. The summed E-state index contributed by atoms with van der Waals surface area (Å²) in [6.45, 7) is 0. The summed E-state index contributed by atoms with van der Waals surface area (Å²) in [6, 6.07) is 0. The molecule has 1 amide bonds. The van der Waals surface area contributed by atoms with Gasteiger partial charge < -0.3 is 10.1 Å². The number of alkyl halides is 1. The van der Waals surface area contributed by atoms with Crippen LogP contribution in [0.4, 0.5) is 0 Å². The van der Waals surface area contributed by atoms with E-state index in [1.807, 2.05) is 0 Å². The van der Waals surface area contributed by atoms with E-state index in [1.165, 1.54) is 7.11 Å². The molecule has 0 unspecified atom stereocenters. The fourth-order valence-corrected chi connectivity index (χ4v) is 2.63. The minimum Gasteiger partial charge on any atom is -0.467 e. The van der Waals surface area contributed by atoms with Crippen molar-refractivity contribution in [3.63, 3.8) is 0 Å². The van der Waals surface area contributed by atoms with Crippen LogP contribution in [0, 0.1) is 0 Å². The van der Waals surface area contributed by atoms with E-state index < -0.39 is 5.54 Å². The van der Waals surface area contributed by atoms with Gasteiger partial charge in [-0.25, -0.2) is 4.79 Å². The number of rotatable bonds is 6. The number of halogens is 1. The standard InChI is InChI=1S/C13H22ClNO3/c1-18-12(17)13(8-4-2-5-9-13)15-11(16)7-3-6-10-14/h2-10H2,1H3,(H,15,16). The van der Waals surface area contributed by atoms with Gasteiger partial charge in [-0.1, -0.05) is 19.3 Å². The normalized spacial score (nSPS) is 18.1. The van der Waals surface area contributed by atoms with E-state index in [1.54, 1.807) is 0 Å². The summed E-state index contributed by atoms with van der Waals surface area (Å²) in [7, 11) is 1.37. The van der Waals surface area contributed by atoms with Crippen LogP contribution in [0.3, 0.4) is 0 Å². The lowest BCUT2D eigenvalue weighted by Gasteiger charge is -2.35. The van der Waals surface area contributed by atoms with Crippen molar-refractivity contribution in [2.75, 3.05) is 13.0 Å². The molecule has 1 aliphatic carbocycles. The van der Waals surface area contributed by atoms with Crippen LogP contribution >= 0.6 is 11.6 Å². The average molecular weight is 276 g/mol. The number of hydrogen-bond acceptors (Lipinski definition) is 3. The summed E-state index contributed by atoms with van der Waals surface area (Å²) in [5.41, 5.74) is -0.787. The maximum absolute atomic E-state index is 11.9. The molecular formula is C13H22ClNO3. The van der Waals surface area contributed by atoms with Crippen molar-refractivity contribution < 1.29 is 14.3 Å². The van der Waals surface area contributed by atoms with Crippen molar-refractivity contribution in [1.82, 2.24) is 5.32 Å². The zero-order chi connectivity index (χ0) is 13.4. The van der Waals surface area contributed by atoms with Gasteiger partial charge >= 0.3 is 5.97 Å². The first kappa shape index (κ1) is 15.3. The van der Waals surface area contributed by atoms with Crippen LogP contribution in [0.1, 0.15) is 51.4 Å². The fraction of sp³-hybridized carbons (Fsp3) is 0.846. The maximum atomic E-state index is 11.9. The molecule has 0 saturated heterocycles. The molecule has 1 saturated carbocycles. The summed E-state index contributed by atoms with van der Waals surface area (Å²) in [5.74, 6) is 0.176. The molecule has 0 spiro atoms. The van der Waals surface area contributed by atoms with Gasteiger partial charge in [-0.2, -0.15) is 0 Å². The number of esters is 1. The van der Waals surface area contributed by atoms with Crippen LogP contribution in [0.2, 0.25) is 0 Å². The Morgan fingerprint density at radius 3 is 2.44 bits per heavy atom. The van der Waals surface area contributed by atoms with Gasteiger partial charge in [-0.3, -0.25) is 4.79 Å². The van der Waals surface area contributed by atoms with Gasteiger partial charge in [0.05, 0.1) is 7.11 Å². The number of carbonyl (C=O) groups excluding carboxylic acids is 2. The molecule has 5 heteroatoms. The smallest absolute Gasteiger partial charge is 0.331 e. The molecule has 104 valence electrons. The summed E-state index contributed by atoms with van der Waals surface area (Å²) < 4.78 is 4.84. The van der Waals surface area contributed by atoms with Gasteiger partial charge in [0.2, 0.25) is 5.91 Å². The van der Waals surface area contributed by atoms with Gasteiger partial charge in [-0.15, -0.1) is 11.6 Å². The summed E-state index contributed by atoms with van der Waals surface area (Å²) in [5, 5.41) is 2.89. The number of carbonyl (C=O) groups is 2. The number of hydrogen-bond donors (Lipinski definition) is 1. The highest BCUT2D eigenvalue weighted by Gasteiger charge is 2.41. The number of amides is 1. The van der Waals surface area contributed by atoms with Crippen LogP contribution < -0.4 is 5.32 Å². The Bertz CT molecular complexity index is 288. The van der Waals surface area contributed by atoms with E-state index in [-0.39, 0.29) is 11.9 Å². The summed E-state index contributed by atoms with van der Waals surface area (Å²) in [4.78, 5) is 23.7. The fourth-order valence-electron chi connectivity index (χ4n) is 2.44. The number of unbranched alkanes of at least 4 members (excludes halogenated alkanes) is 1. The van der Waals surface area contributed by atoms with Crippen molar-refractivity contribution in [3.05, 3.63) is 0 Å². The first-order valence-corrected chi connectivity index (χ1v) is 7.13. The molecule has 0 atom stereocenters. The second-order valence-corrected chi connectivity index (χ2v) is 5.21. The van der Waals surface area contributed by atoms with Gasteiger partial charge in [0.25, 0.3) is 0 Å². The highest BCUT2D eigenvalue weighted by Crippen LogP contribution is 2.29. The third-order valence-corrected chi connectivity index (χ3v) is 3.72. The molecule has 0 heterocycles. The minimum atomic E-state index is -0.787. The first-order chi connectivity index (χ1) is 8.64. The lowest BCUT2D eigenvalue weighted by molar-refractivity contribution is -0.152. The molecule has 4 nitrogen and oxygen atoms in total. The number of methoxy groups -OCH3 is 1. The van der Waals surface area contributed by atoms with Crippen molar-refractivity contribution >= 4 is 23.5 Å². The minimum absolute atomic E-state index is 0.0765. The zero-order valence-corrected chi connectivity index (χ0v) is 11.7. The van der Waals surface area contributed by atoms with Crippen LogP contribution in [0.5, 0.6) is 0 Å². The molecule has 1 N–H and O–H groups in total. The third-order valence-electron chi connectivity index (χ3n) is 3.45. The molecule has 0 bridgehead atoms. The van der Waals surface area contributed by atoms with Gasteiger partial charge in [0.15, 0.2) is 0 Å². The van der Waals surface area contributed by atoms with Gasteiger partial charge in [0, 0.05) is 12.3 Å². The molecule has 1 rings (SSSR count). The molecule has 0 aromatic heterocycles. The van der Waals surface area contributed by atoms with Crippen molar-refractivity contribution in [3.8, 4) is 0 Å². The Morgan fingerprint density at radius 1 is 1.22 bits per heavy atom. The molecule has 0 aliphatic heterocycles. The number of nitrogens with one attached hydrogen (secondary N) is 1. The van der Waals surface area contributed by atoms with Crippen molar-refractivity contribution in [2.45, 2.75) is 56.9 Å². The van der Waals surface area contributed by atoms with Crippen molar-refractivity contribution in [2.24, 2.45) is 0 Å². The van der Waals surface area contributed by atoms with Crippen LogP contribution in [-0.4, -0.2) is 30.4 Å². The second kappa shape index (κ2) is 7.62. The Balaban J connectivity index is 2.55. The van der Waals surface area contributed by atoms with Crippen LogP contribution in [0.25, 0.3) is 0 Å². The molecule has 1 fully saturated rings. The lowest BCUT2D eigenvalue weighted by atomic mass is 9.81. The Kier molecular flexibility index (Phi) is 6.47. The third kappa shape index (κ3) is 4.16. The summed E-state index contributed by atoms with van der Waals surface area (Å²) in [6.07, 6.45) is 6.38. The van der Waals surface area contributed by atoms with E-state index in [4.69, 9.17) is 16.3 Å². The Morgan fingerprint density at radius 2 is 1.89 bits per heavy atom. The molecule has 0 aromatic carbocycles. The highest BCUT2D eigenvalue weighted by molar-refractivity contribution is 6.17. The average Bonchev–Trinajstić information content (AvgIpc) is 2.39. The van der Waals surface area contributed by atoms with E-state index in [0.717, 1.165) is 32.1 Å². The van der Waals surface area contributed by atoms with Crippen molar-refractivity contribution in [1.29, 1.82) is 0 Å². The molecule has 1 aliphatic rings. The van der Waals surface area contributed by atoms with E-state index in [9.17, 15) is 9.59 Å². The summed E-state index contributed by atoms with van der Waals surface area (Å²) >= 11 is 5.57. The predicted octanol–water partition coefficient (Wildman–Crippen LogP) is 2.39. The van der Waals surface area contributed by atoms with Gasteiger partial charge in [-0.05, 0) is 25.7 Å². The number of ether oxygens (including phenoxy) is 1. The molecule has 18 heavy (non-hydrogen) atoms. The van der Waals surface area contributed by atoms with E-state index in [0.29, 0.717) is 25.1 Å². The van der Waals surface area contributed by atoms with E-state index in [2.05, 4.69) is 5.32 Å². The van der Waals surface area contributed by atoms with E-state index >= 15 is 0 Å².